The van der Waals surface area contributed by atoms with Crippen molar-refractivity contribution in [1.82, 2.24) is 10.3 Å². The van der Waals surface area contributed by atoms with E-state index in [1.54, 1.807) is 42.6 Å². The number of rotatable bonds is 4. The minimum atomic E-state index is -0.778. The Hall–Kier alpha value is -3.74. The molecule has 1 aromatic heterocycles. The van der Waals surface area contributed by atoms with E-state index in [-0.39, 0.29) is 30.6 Å². The summed E-state index contributed by atoms with van der Waals surface area (Å²) in [6.07, 6.45) is 1.98. The van der Waals surface area contributed by atoms with Crippen LogP contribution in [0.25, 0.3) is 10.9 Å². The number of hydrogen-bond acceptors (Lipinski definition) is 4. The third-order valence-corrected chi connectivity index (χ3v) is 4.63. The Kier molecular flexibility index (Phi) is 4.72. The fourth-order valence-electron chi connectivity index (χ4n) is 3.22. The lowest BCUT2D eigenvalue weighted by molar-refractivity contribution is -0.118. The number of carbonyl (C=O) groups excluding carboxylic acids is 3. The molecule has 1 aliphatic heterocycles. The van der Waals surface area contributed by atoms with Crippen LogP contribution in [0.4, 0.5) is 11.4 Å². The van der Waals surface area contributed by atoms with Crippen molar-refractivity contribution in [1.29, 1.82) is 0 Å². The zero-order chi connectivity index (χ0) is 19.5. The van der Waals surface area contributed by atoms with Gasteiger partial charge in [0.15, 0.2) is 0 Å². The number of pyridine rings is 1. The van der Waals surface area contributed by atoms with Gasteiger partial charge in [0, 0.05) is 18.0 Å². The number of amides is 3. The molecule has 0 bridgehead atoms. The highest BCUT2D eigenvalue weighted by molar-refractivity contribution is 6.10. The summed E-state index contributed by atoms with van der Waals surface area (Å²) in [5, 5.41) is 9.13. The molecule has 3 amide bonds. The van der Waals surface area contributed by atoms with Crippen LogP contribution in [-0.4, -0.2) is 28.7 Å². The number of carbonyl (C=O) groups is 3. The molecule has 0 radical (unpaired) electrons. The Labute approximate surface area is 161 Å². The number of fused-ring (bicyclic) bond motifs is 2. The van der Waals surface area contributed by atoms with Gasteiger partial charge in [0.1, 0.15) is 6.04 Å². The first-order valence-electron chi connectivity index (χ1n) is 8.96. The van der Waals surface area contributed by atoms with Crippen molar-refractivity contribution in [2.45, 2.75) is 18.9 Å². The van der Waals surface area contributed by atoms with Crippen LogP contribution in [0, 0.1) is 0 Å². The number of anilines is 2. The van der Waals surface area contributed by atoms with Crippen LogP contribution in [0.3, 0.4) is 0 Å². The fourth-order valence-corrected chi connectivity index (χ4v) is 3.22. The molecule has 4 rings (SSSR count). The van der Waals surface area contributed by atoms with Crippen LogP contribution in [0.2, 0.25) is 0 Å². The molecule has 2 heterocycles. The van der Waals surface area contributed by atoms with Crippen LogP contribution < -0.4 is 16.0 Å². The first-order chi connectivity index (χ1) is 13.6. The second kappa shape index (κ2) is 7.48. The van der Waals surface area contributed by atoms with Gasteiger partial charge < -0.3 is 16.0 Å². The van der Waals surface area contributed by atoms with Gasteiger partial charge in [-0.25, -0.2) is 0 Å². The first-order valence-corrected chi connectivity index (χ1v) is 8.96. The summed E-state index contributed by atoms with van der Waals surface area (Å²) < 4.78 is 0. The normalized spacial score (nSPS) is 15.9. The Balaban J connectivity index is 1.42. The van der Waals surface area contributed by atoms with Gasteiger partial charge in [0.05, 0.1) is 22.5 Å². The summed E-state index contributed by atoms with van der Waals surface area (Å²) in [6.45, 7) is 0. The molecule has 1 aliphatic rings. The van der Waals surface area contributed by atoms with E-state index in [1.807, 2.05) is 18.2 Å². The number of hydrogen-bond donors (Lipinski definition) is 3. The number of nitrogens with zero attached hydrogens (tertiary/aromatic N) is 1. The van der Waals surface area contributed by atoms with Gasteiger partial charge in [-0.2, -0.15) is 0 Å². The predicted molar refractivity (Wildman–Crippen MR) is 106 cm³/mol. The zero-order valence-corrected chi connectivity index (χ0v) is 14.9. The molecule has 2 aromatic carbocycles. The molecule has 3 aromatic rings. The highest BCUT2D eigenvalue weighted by atomic mass is 16.2. The summed E-state index contributed by atoms with van der Waals surface area (Å²) in [7, 11) is 0. The second-order valence-corrected chi connectivity index (χ2v) is 6.52. The standard InChI is InChI=1S/C21H18N4O3/c26-19(23-16-9-3-8-15-13(16)6-4-12-22-15)11-10-18-21(28)24-17-7-2-1-5-14(17)20(27)25-18/h1-9,12,18H,10-11H2,(H,23,26)(H,24,28)(H,25,27). The lowest BCUT2D eigenvalue weighted by Crippen LogP contribution is -2.41. The van der Waals surface area contributed by atoms with Crippen molar-refractivity contribution in [3.8, 4) is 0 Å². The number of benzene rings is 2. The highest BCUT2D eigenvalue weighted by Gasteiger charge is 2.27. The Bertz CT molecular complexity index is 1070. The quantitative estimate of drug-likeness (QED) is 0.654. The van der Waals surface area contributed by atoms with Crippen LogP contribution in [0.1, 0.15) is 23.2 Å². The molecule has 1 unspecified atom stereocenters. The molecule has 0 fully saturated rings. The van der Waals surface area contributed by atoms with Crippen molar-refractivity contribution in [2.75, 3.05) is 10.6 Å². The minimum Gasteiger partial charge on any atom is -0.340 e. The number of para-hydroxylation sites is 1. The van der Waals surface area contributed by atoms with Crippen LogP contribution in [0.5, 0.6) is 0 Å². The molecule has 7 nitrogen and oxygen atoms in total. The minimum absolute atomic E-state index is 0.0887. The number of nitrogens with one attached hydrogen (secondary N) is 3. The summed E-state index contributed by atoms with van der Waals surface area (Å²) in [4.78, 5) is 41.4. The van der Waals surface area contributed by atoms with Crippen molar-refractivity contribution >= 4 is 40.0 Å². The predicted octanol–water partition coefficient (Wildman–Crippen LogP) is 2.70. The van der Waals surface area contributed by atoms with Gasteiger partial charge in [-0.05, 0) is 42.8 Å². The highest BCUT2D eigenvalue weighted by Crippen LogP contribution is 2.22. The summed E-state index contributed by atoms with van der Waals surface area (Å²) in [5.41, 5.74) is 2.33. The second-order valence-electron chi connectivity index (χ2n) is 6.52. The van der Waals surface area contributed by atoms with Gasteiger partial charge in [-0.1, -0.05) is 18.2 Å². The van der Waals surface area contributed by atoms with E-state index in [1.165, 1.54) is 0 Å². The molecule has 3 N–H and O–H groups in total. The molecular weight excluding hydrogens is 356 g/mol. The maximum absolute atomic E-state index is 12.4. The van der Waals surface area contributed by atoms with Crippen molar-refractivity contribution < 1.29 is 14.4 Å². The molecule has 0 saturated heterocycles. The Morgan fingerprint density at radius 2 is 1.89 bits per heavy atom. The lowest BCUT2D eigenvalue weighted by atomic mass is 10.1. The zero-order valence-electron chi connectivity index (χ0n) is 14.9. The van der Waals surface area contributed by atoms with Crippen molar-refractivity contribution in [3.05, 3.63) is 66.4 Å². The van der Waals surface area contributed by atoms with Gasteiger partial charge in [-0.3, -0.25) is 19.4 Å². The van der Waals surface area contributed by atoms with Crippen molar-refractivity contribution in [3.63, 3.8) is 0 Å². The van der Waals surface area contributed by atoms with E-state index in [4.69, 9.17) is 0 Å². The Morgan fingerprint density at radius 3 is 2.79 bits per heavy atom. The van der Waals surface area contributed by atoms with E-state index in [0.29, 0.717) is 16.9 Å². The average molecular weight is 374 g/mol. The molecule has 140 valence electrons. The maximum Gasteiger partial charge on any atom is 0.254 e. The first kappa shape index (κ1) is 17.7. The van der Waals surface area contributed by atoms with Gasteiger partial charge >= 0.3 is 0 Å². The molecular formula is C21H18N4O3. The molecule has 0 saturated carbocycles. The van der Waals surface area contributed by atoms with Gasteiger partial charge in [0.2, 0.25) is 11.8 Å². The molecule has 1 atom stereocenters. The van der Waals surface area contributed by atoms with E-state index < -0.39 is 6.04 Å². The van der Waals surface area contributed by atoms with Gasteiger partial charge in [-0.15, -0.1) is 0 Å². The molecule has 0 spiro atoms. The van der Waals surface area contributed by atoms with Crippen LogP contribution in [-0.2, 0) is 9.59 Å². The molecule has 7 heteroatoms. The van der Waals surface area contributed by atoms with E-state index in [0.717, 1.165) is 10.9 Å². The van der Waals surface area contributed by atoms with Gasteiger partial charge in [0.25, 0.3) is 5.91 Å². The monoisotopic (exact) mass is 374 g/mol. The van der Waals surface area contributed by atoms with Crippen molar-refractivity contribution in [2.24, 2.45) is 0 Å². The number of aromatic nitrogens is 1. The van der Waals surface area contributed by atoms with Crippen LogP contribution in [0.15, 0.2) is 60.8 Å². The van der Waals surface area contributed by atoms with Crippen LogP contribution >= 0.6 is 0 Å². The summed E-state index contributed by atoms with van der Waals surface area (Å²) in [6, 6.07) is 15.2. The fraction of sp³-hybridized carbons (Fsp3) is 0.143. The lowest BCUT2D eigenvalue weighted by Gasteiger charge is -2.14. The molecule has 0 aliphatic carbocycles. The topological polar surface area (TPSA) is 100 Å². The SMILES string of the molecule is O=C(CCC1NC(=O)c2ccccc2NC1=O)Nc1cccc2ncccc12. The van der Waals surface area contributed by atoms with E-state index >= 15 is 0 Å². The molecule has 28 heavy (non-hydrogen) atoms. The summed E-state index contributed by atoms with van der Waals surface area (Å²) in [5.74, 6) is -0.903. The van der Waals surface area contributed by atoms with E-state index in [2.05, 4.69) is 20.9 Å². The Morgan fingerprint density at radius 1 is 1.04 bits per heavy atom. The smallest absolute Gasteiger partial charge is 0.254 e. The third-order valence-electron chi connectivity index (χ3n) is 4.63. The maximum atomic E-state index is 12.4. The largest absolute Gasteiger partial charge is 0.340 e. The summed E-state index contributed by atoms with van der Waals surface area (Å²) >= 11 is 0. The third kappa shape index (κ3) is 3.55. The van der Waals surface area contributed by atoms with E-state index in [9.17, 15) is 14.4 Å². The average Bonchev–Trinajstić information content (AvgIpc) is 2.83.